The fourth-order valence-electron chi connectivity index (χ4n) is 2.98. The van der Waals surface area contributed by atoms with Gasteiger partial charge in [-0.15, -0.1) is 0 Å². The molecule has 1 aliphatic heterocycles. The van der Waals surface area contributed by atoms with E-state index in [1.807, 2.05) is 0 Å². The summed E-state index contributed by atoms with van der Waals surface area (Å²) in [5.41, 5.74) is 6.09. The van der Waals surface area contributed by atoms with Gasteiger partial charge < -0.3 is 10.6 Å². The molecule has 114 valence electrons. The van der Waals surface area contributed by atoms with Crippen molar-refractivity contribution in [1.82, 2.24) is 9.80 Å². The zero-order chi connectivity index (χ0) is 14.3. The molecule has 0 spiro atoms. The van der Waals surface area contributed by atoms with Crippen molar-refractivity contribution >= 4 is 0 Å². The van der Waals surface area contributed by atoms with Crippen molar-refractivity contribution in [2.24, 2.45) is 11.1 Å². The summed E-state index contributed by atoms with van der Waals surface area (Å²) < 4.78 is 0. The first kappa shape index (κ1) is 16.9. The van der Waals surface area contributed by atoms with Gasteiger partial charge in [-0.25, -0.2) is 0 Å². The molecule has 0 radical (unpaired) electrons. The molecule has 1 atom stereocenters. The van der Waals surface area contributed by atoms with Gasteiger partial charge in [0, 0.05) is 32.2 Å². The molecule has 2 N–H and O–H groups in total. The summed E-state index contributed by atoms with van der Waals surface area (Å²) >= 11 is 0. The van der Waals surface area contributed by atoms with E-state index in [0.717, 1.165) is 19.0 Å². The largest absolute Gasteiger partial charge is 0.330 e. The average molecular weight is 269 g/mol. The Morgan fingerprint density at radius 1 is 1.11 bits per heavy atom. The van der Waals surface area contributed by atoms with Gasteiger partial charge in [-0.2, -0.15) is 0 Å². The zero-order valence-electron chi connectivity index (χ0n) is 13.6. The van der Waals surface area contributed by atoms with Crippen LogP contribution in [-0.4, -0.2) is 55.1 Å². The Balaban J connectivity index is 2.16. The third kappa shape index (κ3) is 6.24. The molecule has 0 bridgehead atoms. The van der Waals surface area contributed by atoms with Gasteiger partial charge in [-0.3, -0.25) is 4.90 Å². The van der Waals surface area contributed by atoms with E-state index in [4.69, 9.17) is 5.73 Å². The molecule has 0 aromatic rings. The first-order valence-corrected chi connectivity index (χ1v) is 8.15. The van der Waals surface area contributed by atoms with E-state index in [-0.39, 0.29) is 0 Å². The molecular formula is C16H35N3. The average Bonchev–Trinajstić information content (AvgIpc) is 2.38. The maximum atomic E-state index is 5.67. The van der Waals surface area contributed by atoms with Crippen LogP contribution in [0.1, 0.15) is 53.4 Å². The van der Waals surface area contributed by atoms with Crippen LogP contribution in [0.15, 0.2) is 0 Å². The summed E-state index contributed by atoms with van der Waals surface area (Å²) in [5.74, 6) is 0. The monoisotopic (exact) mass is 269 g/mol. The summed E-state index contributed by atoms with van der Waals surface area (Å²) in [6.45, 7) is 16.4. The number of nitrogens with zero attached hydrogens (tertiary/aromatic N) is 2. The Bertz CT molecular complexity index is 232. The lowest BCUT2D eigenvalue weighted by Gasteiger charge is -2.38. The molecule has 19 heavy (non-hydrogen) atoms. The minimum absolute atomic E-state index is 0.424. The lowest BCUT2D eigenvalue weighted by Crippen LogP contribution is -2.49. The van der Waals surface area contributed by atoms with Crippen LogP contribution >= 0.6 is 0 Å². The standard InChI is InChI=1S/C16H35N3/c1-5-15(2)19-13-11-18(12-14-19)10-6-7-16(3,4)8-9-17/h15H,5-14,17H2,1-4H3. The lowest BCUT2D eigenvalue weighted by molar-refractivity contribution is 0.0969. The Morgan fingerprint density at radius 3 is 2.26 bits per heavy atom. The van der Waals surface area contributed by atoms with Crippen LogP contribution in [0.4, 0.5) is 0 Å². The third-order valence-electron chi connectivity index (χ3n) is 4.77. The molecule has 3 nitrogen and oxygen atoms in total. The van der Waals surface area contributed by atoms with Crippen LogP contribution in [0, 0.1) is 5.41 Å². The Labute approximate surface area is 120 Å². The SMILES string of the molecule is CCC(C)N1CCN(CCCC(C)(C)CCN)CC1. The van der Waals surface area contributed by atoms with Gasteiger partial charge in [-0.1, -0.05) is 20.8 Å². The number of nitrogens with two attached hydrogens (primary N) is 1. The van der Waals surface area contributed by atoms with Gasteiger partial charge in [0.1, 0.15) is 0 Å². The molecule has 1 fully saturated rings. The lowest BCUT2D eigenvalue weighted by atomic mass is 9.84. The number of piperazine rings is 1. The van der Waals surface area contributed by atoms with Crippen molar-refractivity contribution in [2.45, 2.75) is 59.4 Å². The summed E-state index contributed by atoms with van der Waals surface area (Å²) in [6, 6.07) is 0.755. The van der Waals surface area contributed by atoms with Crippen LogP contribution in [0.25, 0.3) is 0 Å². The first-order valence-electron chi connectivity index (χ1n) is 8.15. The Hall–Kier alpha value is -0.120. The van der Waals surface area contributed by atoms with Gasteiger partial charge >= 0.3 is 0 Å². The number of rotatable bonds is 8. The first-order chi connectivity index (χ1) is 8.98. The normalized spacial score (nSPS) is 20.7. The Kier molecular flexibility index (Phi) is 7.33. The highest BCUT2D eigenvalue weighted by Gasteiger charge is 2.21. The molecule has 0 aromatic carbocycles. The summed E-state index contributed by atoms with van der Waals surface area (Å²) in [7, 11) is 0. The van der Waals surface area contributed by atoms with Crippen LogP contribution in [0.2, 0.25) is 0 Å². The van der Waals surface area contributed by atoms with Crippen LogP contribution < -0.4 is 5.73 Å². The maximum Gasteiger partial charge on any atom is 0.0113 e. The second-order valence-corrected chi connectivity index (χ2v) is 6.94. The predicted octanol–water partition coefficient (Wildman–Crippen LogP) is 2.56. The van der Waals surface area contributed by atoms with Gasteiger partial charge in [0.05, 0.1) is 0 Å². The molecule has 0 aliphatic carbocycles. The second-order valence-electron chi connectivity index (χ2n) is 6.94. The van der Waals surface area contributed by atoms with Crippen molar-refractivity contribution < 1.29 is 0 Å². The van der Waals surface area contributed by atoms with Gasteiger partial charge in [0.2, 0.25) is 0 Å². The fraction of sp³-hybridized carbons (Fsp3) is 1.00. The predicted molar refractivity (Wildman–Crippen MR) is 84.5 cm³/mol. The highest BCUT2D eigenvalue weighted by Crippen LogP contribution is 2.26. The smallest absolute Gasteiger partial charge is 0.0113 e. The third-order valence-corrected chi connectivity index (χ3v) is 4.77. The minimum atomic E-state index is 0.424. The molecular weight excluding hydrogens is 234 g/mol. The summed E-state index contributed by atoms with van der Waals surface area (Å²) in [6.07, 6.45) is 5.04. The fourth-order valence-corrected chi connectivity index (χ4v) is 2.98. The van der Waals surface area contributed by atoms with E-state index in [1.165, 1.54) is 52.0 Å². The van der Waals surface area contributed by atoms with Crippen molar-refractivity contribution in [3.63, 3.8) is 0 Å². The molecule has 0 aromatic heterocycles. The topological polar surface area (TPSA) is 32.5 Å². The van der Waals surface area contributed by atoms with Gasteiger partial charge in [-0.05, 0) is 51.1 Å². The zero-order valence-corrected chi connectivity index (χ0v) is 13.6. The van der Waals surface area contributed by atoms with E-state index in [0.29, 0.717) is 5.41 Å². The quantitative estimate of drug-likeness (QED) is 0.735. The van der Waals surface area contributed by atoms with E-state index >= 15 is 0 Å². The molecule has 1 rings (SSSR count). The summed E-state index contributed by atoms with van der Waals surface area (Å²) in [5, 5.41) is 0. The van der Waals surface area contributed by atoms with Crippen LogP contribution in [-0.2, 0) is 0 Å². The van der Waals surface area contributed by atoms with Gasteiger partial charge in [0.15, 0.2) is 0 Å². The number of hydrogen-bond acceptors (Lipinski definition) is 3. The highest BCUT2D eigenvalue weighted by atomic mass is 15.3. The molecule has 0 saturated carbocycles. The van der Waals surface area contributed by atoms with Crippen molar-refractivity contribution in [3.05, 3.63) is 0 Å². The van der Waals surface area contributed by atoms with E-state index in [1.54, 1.807) is 0 Å². The number of hydrogen-bond donors (Lipinski definition) is 1. The second kappa shape index (κ2) is 8.23. The summed E-state index contributed by atoms with van der Waals surface area (Å²) in [4.78, 5) is 5.27. The maximum absolute atomic E-state index is 5.67. The molecule has 1 saturated heterocycles. The molecule has 1 unspecified atom stereocenters. The Morgan fingerprint density at radius 2 is 1.74 bits per heavy atom. The van der Waals surface area contributed by atoms with E-state index < -0.39 is 0 Å². The van der Waals surface area contributed by atoms with Crippen molar-refractivity contribution in [1.29, 1.82) is 0 Å². The molecule has 1 heterocycles. The molecule has 3 heteroatoms. The molecule has 0 amide bonds. The minimum Gasteiger partial charge on any atom is -0.330 e. The van der Waals surface area contributed by atoms with E-state index in [2.05, 4.69) is 37.5 Å². The van der Waals surface area contributed by atoms with Crippen LogP contribution in [0.3, 0.4) is 0 Å². The van der Waals surface area contributed by atoms with Crippen molar-refractivity contribution in [2.75, 3.05) is 39.3 Å². The van der Waals surface area contributed by atoms with Crippen molar-refractivity contribution in [3.8, 4) is 0 Å². The highest BCUT2D eigenvalue weighted by molar-refractivity contribution is 4.76. The van der Waals surface area contributed by atoms with Crippen LogP contribution in [0.5, 0.6) is 0 Å². The van der Waals surface area contributed by atoms with E-state index in [9.17, 15) is 0 Å². The molecule has 1 aliphatic rings. The van der Waals surface area contributed by atoms with Gasteiger partial charge in [0.25, 0.3) is 0 Å².